The van der Waals surface area contributed by atoms with E-state index in [2.05, 4.69) is 24.4 Å². The maximum absolute atomic E-state index is 12.0. The van der Waals surface area contributed by atoms with E-state index in [1.165, 1.54) is 5.56 Å². The summed E-state index contributed by atoms with van der Waals surface area (Å²) in [5, 5.41) is 3.37. The molecule has 24 heavy (non-hydrogen) atoms. The lowest BCUT2D eigenvalue weighted by Crippen LogP contribution is -2.16. The summed E-state index contributed by atoms with van der Waals surface area (Å²) in [4.78, 5) is 12.0. The molecular formula is C20H25NO3. The fourth-order valence-electron chi connectivity index (χ4n) is 2.54. The molecular weight excluding hydrogens is 302 g/mol. The molecule has 2 rings (SSSR count). The van der Waals surface area contributed by atoms with Gasteiger partial charge in [-0.15, -0.1) is 0 Å². The quantitative estimate of drug-likeness (QED) is 0.740. The Kier molecular flexibility index (Phi) is 6.67. The van der Waals surface area contributed by atoms with Crippen LogP contribution in [0.25, 0.3) is 0 Å². The number of hydrogen-bond acceptors (Lipinski definition) is 4. The molecule has 0 fully saturated rings. The van der Waals surface area contributed by atoms with Crippen molar-refractivity contribution in [3.05, 3.63) is 59.7 Å². The molecule has 4 nitrogen and oxygen atoms in total. The largest absolute Gasteiger partial charge is 0.497 e. The van der Waals surface area contributed by atoms with Gasteiger partial charge >= 0.3 is 5.97 Å². The average molecular weight is 327 g/mol. The van der Waals surface area contributed by atoms with Crippen molar-refractivity contribution in [2.75, 3.05) is 25.6 Å². The van der Waals surface area contributed by atoms with Gasteiger partial charge < -0.3 is 14.8 Å². The van der Waals surface area contributed by atoms with Gasteiger partial charge in [-0.05, 0) is 49.1 Å². The van der Waals surface area contributed by atoms with Crippen LogP contribution in [0, 0.1) is 5.92 Å². The van der Waals surface area contributed by atoms with Crippen LogP contribution in [-0.2, 0) is 11.2 Å². The Labute approximate surface area is 143 Å². The number of carbonyl (C=O) groups is 1. The van der Waals surface area contributed by atoms with E-state index in [-0.39, 0.29) is 5.97 Å². The minimum absolute atomic E-state index is 0.289. The normalized spacial score (nSPS) is 11.6. The number of anilines is 1. The van der Waals surface area contributed by atoms with Crippen LogP contribution in [0.5, 0.6) is 5.75 Å². The van der Waals surface area contributed by atoms with Crippen LogP contribution < -0.4 is 10.1 Å². The molecule has 2 aromatic rings. The van der Waals surface area contributed by atoms with E-state index in [0.29, 0.717) is 18.1 Å². The summed E-state index contributed by atoms with van der Waals surface area (Å²) in [6, 6.07) is 15.6. The summed E-state index contributed by atoms with van der Waals surface area (Å²) in [6.45, 7) is 5.15. The third-order valence-corrected chi connectivity index (χ3v) is 3.81. The summed E-state index contributed by atoms with van der Waals surface area (Å²) in [5.74, 6) is 1.00. The average Bonchev–Trinajstić information content (AvgIpc) is 2.61. The van der Waals surface area contributed by atoms with E-state index < -0.39 is 0 Å². The summed E-state index contributed by atoms with van der Waals surface area (Å²) in [6.07, 6.45) is 0.957. The van der Waals surface area contributed by atoms with E-state index in [9.17, 15) is 4.79 Å². The zero-order valence-electron chi connectivity index (χ0n) is 14.5. The van der Waals surface area contributed by atoms with Crippen molar-refractivity contribution in [1.29, 1.82) is 0 Å². The molecule has 0 radical (unpaired) electrons. The highest BCUT2D eigenvalue weighted by Gasteiger charge is 2.12. The first-order valence-corrected chi connectivity index (χ1v) is 8.27. The number of para-hydroxylation sites is 1. The third kappa shape index (κ3) is 5.01. The smallest absolute Gasteiger partial charge is 0.340 e. The van der Waals surface area contributed by atoms with Gasteiger partial charge in [0.25, 0.3) is 0 Å². The van der Waals surface area contributed by atoms with Crippen molar-refractivity contribution in [3.63, 3.8) is 0 Å². The van der Waals surface area contributed by atoms with E-state index in [1.54, 1.807) is 13.2 Å². The highest BCUT2D eigenvalue weighted by molar-refractivity contribution is 5.95. The number of esters is 1. The van der Waals surface area contributed by atoms with Gasteiger partial charge in [0.15, 0.2) is 0 Å². The molecule has 0 aromatic heterocycles. The monoisotopic (exact) mass is 327 g/mol. The van der Waals surface area contributed by atoms with E-state index >= 15 is 0 Å². The van der Waals surface area contributed by atoms with Crippen molar-refractivity contribution >= 4 is 11.7 Å². The Morgan fingerprint density at radius 3 is 2.50 bits per heavy atom. The number of ether oxygens (including phenoxy) is 2. The number of nitrogens with one attached hydrogen (secondary N) is 1. The molecule has 0 aliphatic carbocycles. The SMILES string of the molecule is CCOC(=O)c1ccccc1NCC(C)Cc1ccc(OC)cc1. The Morgan fingerprint density at radius 2 is 1.83 bits per heavy atom. The van der Waals surface area contributed by atoms with Crippen molar-refractivity contribution in [1.82, 2.24) is 0 Å². The predicted molar refractivity (Wildman–Crippen MR) is 96.8 cm³/mol. The standard InChI is InChI=1S/C20H25NO3/c1-4-24-20(22)18-7-5-6-8-19(18)21-14-15(2)13-16-9-11-17(23-3)12-10-16/h5-12,15,21H,4,13-14H2,1-3H3. The molecule has 4 heteroatoms. The Balaban J connectivity index is 1.93. The van der Waals surface area contributed by atoms with Gasteiger partial charge in [-0.1, -0.05) is 31.2 Å². The molecule has 0 amide bonds. The first kappa shape index (κ1) is 17.9. The summed E-state index contributed by atoms with van der Waals surface area (Å²) >= 11 is 0. The van der Waals surface area contributed by atoms with Crippen LogP contribution in [0.1, 0.15) is 29.8 Å². The molecule has 0 saturated heterocycles. The summed E-state index contributed by atoms with van der Waals surface area (Å²) in [5.41, 5.74) is 2.66. The zero-order chi connectivity index (χ0) is 17.4. The predicted octanol–water partition coefficient (Wildman–Crippen LogP) is 4.16. The van der Waals surface area contributed by atoms with Gasteiger partial charge in [0.1, 0.15) is 5.75 Å². The maximum Gasteiger partial charge on any atom is 0.340 e. The molecule has 0 heterocycles. The first-order valence-electron chi connectivity index (χ1n) is 8.27. The second-order valence-electron chi connectivity index (χ2n) is 5.80. The molecule has 128 valence electrons. The maximum atomic E-state index is 12.0. The number of carbonyl (C=O) groups excluding carboxylic acids is 1. The highest BCUT2D eigenvalue weighted by Crippen LogP contribution is 2.18. The number of benzene rings is 2. The number of methoxy groups -OCH3 is 1. The fraction of sp³-hybridized carbons (Fsp3) is 0.350. The molecule has 1 atom stereocenters. The minimum Gasteiger partial charge on any atom is -0.497 e. The number of rotatable bonds is 8. The third-order valence-electron chi connectivity index (χ3n) is 3.81. The molecule has 1 N–H and O–H groups in total. The lowest BCUT2D eigenvalue weighted by atomic mass is 10.0. The summed E-state index contributed by atoms with van der Waals surface area (Å²) < 4.78 is 10.3. The second kappa shape index (κ2) is 8.96. The molecule has 0 spiro atoms. The zero-order valence-corrected chi connectivity index (χ0v) is 14.5. The van der Waals surface area contributed by atoms with Gasteiger partial charge in [0.05, 0.1) is 19.3 Å². The van der Waals surface area contributed by atoms with Gasteiger partial charge in [-0.3, -0.25) is 0 Å². The van der Waals surface area contributed by atoms with Gasteiger partial charge in [0, 0.05) is 12.2 Å². The van der Waals surface area contributed by atoms with Crippen LogP contribution in [0.3, 0.4) is 0 Å². The Morgan fingerprint density at radius 1 is 1.12 bits per heavy atom. The first-order chi connectivity index (χ1) is 11.6. The Hall–Kier alpha value is -2.49. The molecule has 0 aliphatic rings. The molecule has 1 unspecified atom stereocenters. The van der Waals surface area contributed by atoms with E-state index in [4.69, 9.17) is 9.47 Å². The molecule has 0 saturated carbocycles. The van der Waals surface area contributed by atoms with E-state index in [0.717, 1.165) is 24.4 Å². The fourth-order valence-corrected chi connectivity index (χ4v) is 2.54. The topological polar surface area (TPSA) is 47.6 Å². The molecule has 0 bridgehead atoms. The molecule has 2 aromatic carbocycles. The lowest BCUT2D eigenvalue weighted by Gasteiger charge is -2.16. The van der Waals surface area contributed by atoms with Crippen molar-refractivity contribution in [2.24, 2.45) is 5.92 Å². The lowest BCUT2D eigenvalue weighted by molar-refractivity contribution is 0.0527. The Bertz CT molecular complexity index is 652. The van der Waals surface area contributed by atoms with Crippen LogP contribution >= 0.6 is 0 Å². The second-order valence-corrected chi connectivity index (χ2v) is 5.80. The van der Waals surface area contributed by atoms with Gasteiger partial charge in [0.2, 0.25) is 0 Å². The van der Waals surface area contributed by atoms with E-state index in [1.807, 2.05) is 37.3 Å². The van der Waals surface area contributed by atoms with Crippen molar-refractivity contribution in [2.45, 2.75) is 20.3 Å². The van der Waals surface area contributed by atoms with Crippen molar-refractivity contribution in [3.8, 4) is 5.75 Å². The van der Waals surface area contributed by atoms with Crippen LogP contribution in [0.2, 0.25) is 0 Å². The minimum atomic E-state index is -0.289. The number of hydrogen-bond donors (Lipinski definition) is 1. The molecule has 0 aliphatic heterocycles. The van der Waals surface area contributed by atoms with Crippen LogP contribution in [-0.4, -0.2) is 26.2 Å². The van der Waals surface area contributed by atoms with Crippen LogP contribution in [0.4, 0.5) is 5.69 Å². The van der Waals surface area contributed by atoms with Crippen molar-refractivity contribution < 1.29 is 14.3 Å². The van der Waals surface area contributed by atoms with Gasteiger partial charge in [-0.25, -0.2) is 4.79 Å². The van der Waals surface area contributed by atoms with Gasteiger partial charge in [-0.2, -0.15) is 0 Å². The summed E-state index contributed by atoms with van der Waals surface area (Å²) in [7, 11) is 1.67. The van der Waals surface area contributed by atoms with Crippen LogP contribution in [0.15, 0.2) is 48.5 Å². The highest BCUT2D eigenvalue weighted by atomic mass is 16.5.